The first-order valence-corrected chi connectivity index (χ1v) is 6.54. The Kier molecular flexibility index (Phi) is 3.68. The molecule has 2 rings (SSSR count). The van der Waals surface area contributed by atoms with E-state index in [9.17, 15) is 0 Å². The summed E-state index contributed by atoms with van der Waals surface area (Å²) in [4.78, 5) is 0. The summed E-state index contributed by atoms with van der Waals surface area (Å²) >= 11 is 0. The van der Waals surface area contributed by atoms with E-state index in [1.54, 1.807) is 0 Å². The van der Waals surface area contributed by atoms with Crippen LogP contribution in [-0.2, 0) is 4.74 Å². The van der Waals surface area contributed by atoms with Crippen molar-refractivity contribution in [2.24, 2.45) is 5.92 Å². The third kappa shape index (κ3) is 3.46. The van der Waals surface area contributed by atoms with Crippen LogP contribution in [0.25, 0.3) is 0 Å². The molecule has 0 aromatic heterocycles. The predicted octanol–water partition coefficient (Wildman–Crippen LogP) is 2.72. The molecule has 0 bridgehead atoms. The molecule has 2 fully saturated rings. The van der Waals surface area contributed by atoms with Crippen LogP contribution in [0.1, 0.15) is 52.4 Å². The van der Waals surface area contributed by atoms with Gasteiger partial charge in [0.2, 0.25) is 0 Å². The fraction of sp³-hybridized carbons (Fsp3) is 1.00. The van der Waals surface area contributed by atoms with Crippen molar-refractivity contribution in [1.82, 2.24) is 5.32 Å². The molecule has 1 N–H and O–H groups in total. The minimum Gasteiger partial charge on any atom is -0.371 e. The topological polar surface area (TPSA) is 21.3 Å². The van der Waals surface area contributed by atoms with Gasteiger partial charge in [0.1, 0.15) is 0 Å². The Labute approximate surface area is 93.8 Å². The number of ether oxygens (including phenoxy) is 1. The maximum absolute atomic E-state index is 5.95. The summed E-state index contributed by atoms with van der Waals surface area (Å²) in [6.07, 6.45) is 8.65. The van der Waals surface area contributed by atoms with Crippen molar-refractivity contribution >= 4 is 0 Å². The van der Waals surface area contributed by atoms with Gasteiger partial charge in [0.15, 0.2) is 0 Å². The molecule has 2 heteroatoms. The molecule has 2 nitrogen and oxygen atoms in total. The van der Waals surface area contributed by atoms with E-state index >= 15 is 0 Å². The summed E-state index contributed by atoms with van der Waals surface area (Å²) in [7, 11) is 0. The Bertz CT molecular complexity index is 197. The molecule has 1 unspecified atom stereocenters. The van der Waals surface area contributed by atoms with E-state index in [4.69, 9.17) is 4.74 Å². The van der Waals surface area contributed by atoms with Crippen molar-refractivity contribution < 1.29 is 4.74 Å². The summed E-state index contributed by atoms with van der Waals surface area (Å²) < 4.78 is 5.95. The van der Waals surface area contributed by atoms with Crippen molar-refractivity contribution in [1.29, 1.82) is 0 Å². The van der Waals surface area contributed by atoms with Crippen LogP contribution < -0.4 is 5.32 Å². The quantitative estimate of drug-likeness (QED) is 0.772. The minimum absolute atomic E-state index is 0.125. The summed E-state index contributed by atoms with van der Waals surface area (Å²) in [5, 5.41) is 3.58. The molecule has 0 amide bonds. The molecule has 1 heterocycles. The Morgan fingerprint density at radius 3 is 2.47 bits per heavy atom. The molecule has 15 heavy (non-hydrogen) atoms. The van der Waals surface area contributed by atoms with E-state index in [2.05, 4.69) is 19.2 Å². The first kappa shape index (κ1) is 11.4. The molecular formula is C13H25NO. The summed E-state index contributed by atoms with van der Waals surface area (Å²) in [6, 6.07) is 0. The lowest BCUT2D eigenvalue weighted by atomic mass is 10.1. The van der Waals surface area contributed by atoms with Gasteiger partial charge in [0, 0.05) is 6.54 Å². The highest BCUT2D eigenvalue weighted by atomic mass is 16.5. The van der Waals surface area contributed by atoms with Crippen molar-refractivity contribution in [3.63, 3.8) is 0 Å². The van der Waals surface area contributed by atoms with Crippen LogP contribution in [-0.4, -0.2) is 24.8 Å². The van der Waals surface area contributed by atoms with Crippen LogP contribution >= 0.6 is 0 Å². The number of hydrogen-bond acceptors (Lipinski definition) is 2. The number of nitrogens with one attached hydrogen (secondary N) is 1. The van der Waals surface area contributed by atoms with E-state index < -0.39 is 0 Å². The van der Waals surface area contributed by atoms with Gasteiger partial charge >= 0.3 is 0 Å². The van der Waals surface area contributed by atoms with Gasteiger partial charge in [-0.05, 0) is 52.0 Å². The van der Waals surface area contributed by atoms with Crippen LogP contribution in [0.4, 0.5) is 0 Å². The van der Waals surface area contributed by atoms with Gasteiger partial charge in [0.05, 0.1) is 11.7 Å². The van der Waals surface area contributed by atoms with Crippen LogP contribution in [0.15, 0.2) is 0 Å². The fourth-order valence-corrected chi connectivity index (χ4v) is 2.88. The average Bonchev–Trinajstić information content (AvgIpc) is 2.76. The maximum Gasteiger partial charge on any atom is 0.0707 e. The van der Waals surface area contributed by atoms with Crippen molar-refractivity contribution in [3.8, 4) is 0 Å². The van der Waals surface area contributed by atoms with Gasteiger partial charge < -0.3 is 10.1 Å². The van der Waals surface area contributed by atoms with Gasteiger partial charge in [-0.1, -0.05) is 12.8 Å². The van der Waals surface area contributed by atoms with E-state index in [0.717, 1.165) is 12.5 Å². The Morgan fingerprint density at radius 2 is 1.87 bits per heavy atom. The van der Waals surface area contributed by atoms with Crippen molar-refractivity contribution in [2.45, 2.75) is 64.1 Å². The van der Waals surface area contributed by atoms with Gasteiger partial charge in [-0.3, -0.25) is 0 Å². The van der Waals surface area contributed by atoms with Crippen molar-refractivity contribution in [3.05, 3.63) is 0 Å². The molecule has 1 saturated carbocycles. The smallest absolute Gasteiger partial charge is 0.0707 e. The highest BCUT2D eigenvalue weighted by molar-refractivity contribution is 4.82. The molecular weight excluding hydrogens is 186 g/mol. The summed E-state index contributed by atoms with van der Waals surface area (Å²) in [5.41, 5.74) is 0.125. The number of rotatable bonds is 4. The van der Waals surface area contributed by atoms with E-state index in [0.29, 0.717) is 6.10 Å². The van der Waals surface area contributed by atoms with Gasteiger partial charge in [-0.15, -0.1) is 0 Å². The van der Waals surface area contributed by atoms with Crippen LogP contribution in [0.2, 0.25) is 0 Å². The monoisotopic (exact) mass is 211 g/mol. The second kappa shape index (κ2) is 4.84. The highest BCUT2D eigenvalue weighted by Gasteiger charge is 2.31. The zero-order valence-corrected chi connectivity index (χ0v) is 10.2. The van der Waals surface area contributed by atoms with Gasteiger partial charge in [-0.25, -0.2) is 0 Å². The SMILES string of the molecule is CC1(C)CCC(CNCC2CCCC2)O1. The minimum atomic E-state index is 0.125. The zero-order valence-electron chi connectivity index (χ0n) is 10.2. The lowest BCUT2D eigenvalue weighted by Gasteiger charge is -2.20. The van der Waals surface area contributed by atoms with E-state index in [-0.39, 0.29) is 5.60 Å². The molecule has 88 valence electrons. The Balaban J connectivity index is 1.58. The van der Waals surface area contributed by atoms with Crippen LogP contribution in [0.3, 0.4) is 0 Å². The van der Waals surface area contributed by atoms with E-state index in [1.807, 2.05) is 0 Å². The Hall–Kier alpha value is -0.0800. The van der Waals surface area contributed by atoms with E-state index in [1.165, 1.54) is 45.1 Å². The zero-order chi connectivity index (χ0) is 10.7. The van der Waals surface area contributed by atoms with Gasteiger partial charge in [0.25, 0.3) is 0 Å². The molecule has 2 aliphatic rings. The standard InChI is InChI=1S/C13H25NO/c1-13(2)8-7-12(15-13)10-14-9-11-5-3-4-6-11/h11-12,14H,3-10H2,1-2H3. The third-order valence-corrected chi connectivity index (χ3v) is 3.83. The Morgan fingerprint density at radius 1 is 1.13 bits per heavy atom. The molecule has 1 saturated heterocycles. The number of hydrogen-bond donors (Lipinski definition) is 1. The van der Waals surface area contributed by atoms with Crippen LogP contribution in [0.5, 0.6) is 0 Å². The van der Waals surface area contributed by atoms with Gasteiger partial charge in [-0.2, -0.15) is 0 Å². The third-order valence-electron chi connectivity index (χ3n) is 3.83. The lowest BCUT2D eigenvalue weighted by molar-refractivity contribution is -0.0144. The molecule has 0 spiro atoms. The van der Waals surface area contributed by atoms with Crippen LogP contribution in [0, 0.1) is 5.92 Å². The fourth-order valence-electron chi connectivity index (χ4n) is 2.88. The maximum atomic E-state index is 5.95. The lowest BCUT2D eigenvalue weighted by Crippen LogP contribution is -2.31. The van der Waals surface area contributed by atoms with Crippen molar-refractivity contribution in [2.75, 3.05) is 13.1 Å². The average molecular weight is 211 g/mol. The second-order valence-electron chi connectivity index (χ2n) is 5.85. The summed E-state index contributed by atoms with van der Waals surface area (Å²) in [5.74, 6) is 0.944. The highest BCUT2D eigenvalue weighted by Crippen LogP contribution is 2.29. The predicted molar refractivity (Wildman–Crippen MR) is 63.0 cm³/mol. The molecule has 0 aromatic rings. The largest absolute Gasteiger partial charge is 0.371 e. The normalized spacial score (nSPS) is 31.2. The summed E-state index contributed by atoms with van der Waals surface area (Å²) in [6.45, 7) is 6.66. The first-order chi connectivity index (χ1) is 7.16. The molecule has 1 aliphatic heterocycles. The first-order valence-electron chi connectivity index (χ1n) is 6.54. The second-order valence-corrected chi connectivity index (χ2v) is 5.85. The molecule has 1 aliphatic carbocycles. The molecule has 1 atom stereocenters. The molecule has 0 radical (unpaired) electrons. The molecule has 0 aromatic carbocycles.